The fourth-order valence-electron chi connectivity index (χ4n) is 2.58. The number of likely N-dealkylation sites (tertiary alicyclic amines) is 1. The first-order valence-electron chi connectivity index (χ1n) is 6.98. The second-order valence-corrected chi connectivity index (χ2v) is 5.62. The van der Waals surface area contributed by atoms with Gasteiger partial charge in [-0.15, -0.1) is 12.4 Å². The quantitative estimate of drug-likeness (QED) is 0.833. The summed E-state index contributed by atoms with van der Waals surface area (Å²) in [6.45, 7) is 3.51. The normalized spacial score (nSPS) is 19.1. The lowest BCUT2D eigenvalue weighted by Crippen LogP contribution is -2.43. The van der Waals surface area contributed by atoms with E-state index >= 15 is 0 Å². The van der Waals surface area contributed by atoms with Gasteiger partial charge in [-0.25, -0.2) is 0 Å². The highest BCUT2D eigenvalue weighted by molar-refractivity contribution is 6.31. The van der Waals surface area contributed by atoms with E-state index in [9.17, 15) is 4.79 Å². The largest absolute Gasteiger partial charge is 0.355 e. The number of rotatable bonds is 5. The van der Waals surface area contributed by atoms with Gasteiger partial charge in [-0.05, 0) is 19.4 Å². The molecule has 0 saturated carbocycles. The summed E-state index contributed by atoms with van der Waals surface area (Å²) in [6.07, 6.45) is 3.62. The molecular weight excluding hydrogens is 313 g/mol. The number of nitrogens with zero attached hydrogens (tertiary/aromatic N) is 3. The number of nitrogens with two attached hydrogens (primary N) is 1. The maximum absolute atomic E-state index is 12.0. The van der Waals surface area contributed by atoms with Gasteiger partial charge in [0.05, 0.1) is 22.8 Å². The number of nitrogens with one attached hydrogen (secondary N) is 1. The molecule has 1 amide bonds. The predicted octanol–water partition coefficient (Wildman–Crippen LogP) is 0.782. The van der Waals surface area contributed by atoms with E-state index in [4.69, 9.17) is 17.3 Å². The minimum Gasteiger partial charge on any atom is -0.355 e. The molecular formula is C13H23Cl2N5O. The van der Waals surface area contributed by atoms with E-state index in [0.717, 1.165) is 38.2 Å². The molecule has 1 aromatic rings. The van der Waals surface area contributed by atoms with Crippen LogP contribution in [-0.2, 0) is 18.4 Å². The third-order valence-electron chi connectivity index (χ3n) is 3.70. The molecule has 0 spiro atoms. The van der Waals surface area contributed by atoms with Gasteiger partial charge < -0.3 is 11.1 Å². The third-order valence-corrected chi connectivity index (χ3v) is 4.02. The van der Waals surface area contributed by atoms with Gasteiger partial charge in [-0.1, -0.05) is 11.6 Å². The van der Waals surface area contributed by atoms with Gasteiger partial charge in [0.1, 0.15) is 0 Å². The fraction of sp³-hybridized carbons (Fsp3) is 0.692. The van der Waals surface area contributed by atoms with E-state index in [1.165, 1.54) is 0 Å². The standard InChI is InChI=1S/C13H22ClN5O.ClH/c1-18-12(11(14)7-17-18)9-19-6-2-3-10(8-19)13(20)16-5-4-15;/h7,10H,2-6,8-9,15H2,1H3,(H,16,20);1H. The molecule has 120 valence electrons. The number of carbonyl (C=O) groups is 1. The molecule has 1 aromatic heterocycles. The SMILES string of the molecule is Cl.Cn1ncc(Cl)c1CN1CCCC(C(=O)NCCN)C1. The minimum absolute atomic E-state index is 0. The van der Waals surface area contributed by atoms with Crippen molar-refractivity contribution >= 4 is 29.9 Å². The fourth-order valence-corrected chi connectivity index (χ4v) is 2.80. The molecule has 1 aliphatic heterocycles. The summed E-state index contributed by atoms with van der Waals surface area (Å²) in [5.74, 6) is 0.151. The zero-order valence-electron chi connectivity index (χ0n) is 12.2. The molecule has 1 fully saturated rings. The molecule has 8 heteroatoms. The van der Waals surface area contributed by atoms with E-state index < -0.39 is 0 Å². The van der Waals surface area contributed by atoms with Crippen molar-refractivity contribution in [2.75, 3.05) is 26.2 Å². The van der Waals surface area contributed by atoms with Gasteiger partial charge in [0.2, 0.25) is 5.91 Å². The van der Waals surface area contributed by atoms with Crippen LogP contribution in [0, 0.1) is 5.92 Å². The van der Waals surface area contributed by atoms with Crippen LogP contribution in [0.25, 0.3) is 0 Å². The summed E-state index contributed by atoms with van der Waals surface area (Å²) in [5, 5.41) is 7.69. The first-order valence-corrected chi connectivity index (χ1v) is 7.36. The smallest absolute Gasteiger partial charge is 0.224 e. The number of piperidine rings is 1. The van der Waals surface area contributed by atoms with Gasteiger partial charge in [0.15, 0.2) is 0 Å². The summed E-state index contributed by atoms with van der Waals surface area (Å²) in [4.78, 5) is 14.3. The lowest BCUT2D eigenvalue weighted by atomic mass is 9.97. The average Bonchev–Trinajstić information content (AvgIpc) is 2.77. The lowest BCUT2D eigenvalue weighted by Gasteiger charge is -2.32. The topological polar surface area (TPSA) is 76.2 Å². The Bertz CT molecular complexity index is 446. The van der Waals surface area contributed by atoms with Crippen LogP contribution in [0.3, 0.4) is 0 Å². The highest BCUT2D eigenvalue weighted by Gasteiger charge is 2.26. The number of amides is 1. The monoisotopic (exact) mass is 335 g/mol. The Hall–Kier alpha value is -0.820. The summed E-state index contributed by atoms with van der Waals surface area (Å²) in [7, 11) is 1.89. The second kappa shape index (κ2) is 8.58. The third kappa shape index (κ3) is 4.85. The molecule has 0 aliphatic carbocycles. The van der Waals surface area contributed by atoms with E-state index in [-0.39, 0.29) is 24.2 Å². The van der Waals surface area contributed by atoms with E-state index in [1.54, 1.807) is 10.9 Å². The predicted molar refractivity (Wildman–Crippen MR) is 85.5 cm³/mol. The second-order valence-electron chi connectivity index (χ2n) is 5.22. The zero-order chi connectivity index (χ0) is 14.5. The van der Waals surface area contributed by atoms with E-state index in [1.807, 2.05) is 7.05 Å². The number of aryl methyl sites for hydroxylation is 1. The maximum atomic E-state index is 12.0. The Morgan fingerprint density at radius 2 is 2.38 bits per heavy atom. The van der Waals surface area contributed by atoms with E-state index in [2.05, 4.69) is 15.3 Å². The van der Waals surface area contributed by atoms with Gasteiger partial charge >= 0.3 is 0 Å². The Kier molecular flexibility index (Phi) is 7.45. The Morgan fingerprint density at radius 3 is 3.00 bits per heavy atom. The maximum Gasteiger partial charge on any atom is 0.224 e. The van der Waals surface area contributed by atoms with Crippen LogP contribution in [0.5, 0.6) is 0 Å². The zero-order valence-corrected chi connectivity index (χ0v) is 13.8. The summed E-state index contributed by atoms with van der Waals surface area (Å²) >= 11 is 6.13. The van der Waals surface area contributed by atoms with Crippen LogP contribution in [0.2, 0.25) is 5.02 Å². The Morgan fingerprint density at radius 1 is 1.62 bits per heavy atom. The molecule has 2 heterocycles. The molecule has 0 aromatic carbocycles. The average molecular weight is 336 g/mol. The van der Waals surface area contributed by atoms with Crippen molar-refractivity contribution < 1.29 is 4.79 Å². The van der Waals surface area contributed by atoms with Crippen LogP contribution >= 0.6 is 24.0 Å². The van der Waals surface area contributed by atoms with Crippen LogP contribution in [-0.4, -0.2) is 46.8 Å². The number of halogens is 2. The molecule has 2 rings (SSSR count). The van der Waals surface area contributed by atoms with Crippen molar-refractivity contribution in [3.63, 3.8) is 0 Å². The van der Waals surface area contributed by atoms with Gasteiger partial charge in [0, 0.05) is 33.2 Å². The minimum atomic E-state index is 0. The van der Waals surface area contributed by atoms with Crippen molar-refractivity contribution in [1.82, 2.24) is 20.0 Å². The van der Waals surface area contributed by atoms with Gasteiger partial charge in [0.25, 0.3) is 0 Å². The highest BCUT2D eigenvalue weighted by Crippen LogP contribution is 2.21. The molecule has 6 nitrogen and oxygen atoms in total. The highest BCUT2D eigenvalue weighted by atomic mass is 35.5. The molecule has 0 bridgehead atoms. The number of hydrogen-bond acceptors (Lipinski definition) is 4. The Balaban J connectivity index is 0.00000220. The van der Waals surface area contributed by atoms with Gasteiger partial charge in [-0.3, -0.25) is 14.4 Å². The van der Waals surface area contributed by atoms with Gasteiger partial charge in [-0.2, -0.15) is 5.10 Å². The van der Waals surface area contributed by atoms with Crippen LogP contribution in [0.15, 0.2) is 6.20 Å². The first kappa shape index (κ1) is 18.2. The molecule has 21 heavy (non-hydrogen) atoms. The molecule has 1 saturated heterocycles. The first-order chi connectivity index (χ1) is 9.61. The molecule has 1 unspecified atom stereocenters. The Labute approximate surface area is 136 Å². The van der Waals surface area contributed by atoms with Crippen molar-refractivity contribution in [2.45, 2.75) is 19.4 Å². The van der Waals surface area contributed by atoms with Crippen molar-refractivity contribution in [2.24, 2.45) is 18.7 Å². The van der Waals surface area contributed by atoms with Crippen LogP contribution in [0.1, 0.15) is 18.5 Å². The van der Waals surface area contributed by atoms with Crippen molar-refractivity contribution in [3.8, 4) is 0 Å². The van der Waals surface area contributed by atoms with Crippen LogP contribution in [0.4, 0.5) is 0 Å². The summed E-state index contributed by atoms with van der Waals surface area (Å²) in [5.41, 5.74) is 6.40. The molecule has 1 aliphatic rings. The molecule has 1 atom stereocenters. The number of aromatic nitrogens is 2. The summed E-state index contributed by atoms with van der Waals surface area (Å²) < 4.78 is 1.79. The van der Waals surface area contributed by atoms with Crippen LogP contribution < -0.4 is 11.1 Å². The van der Waals surface area contributed by atoms with Crippen molar-refractivity contribution in [3.05, 3.63) is 16.9 Å². The van der Waals surface area contributed by atoms with Crippen molar-refractivity contribution in [1.29, 1.82) is 0 Å². The number of hydrogen-bond donors (Lipinski definition) is 2. The number of carbonyl (C=O) groups excluding carboxylic acids is 1. The van der Waals surface area contributed by atoms with E-state index in [0.29, 0.717) is 18.1 Å². The molecule has 0 radical (unpaired) electrons. The lowest BCUT2D eigenvalue weighted by molar-refractivity contribution is -0.126. The summed E-state index contributed by atoms with van der Waals surface area (Å²) in [6, 6.07) is 0. The molecule has 3 N–H and O–H groups in total.